The zero-order valence-corrected chi connectivity index (χ0v) is 14.2. The molecule has 24 heavy (non-hydrogen) atoms. The molecule has 0 aliphatic rings. The van der Waals surface area contributed by atoms with Crippen LogP contribution in [-0.4, -0.2) is 21.5 Å². The van der Waals surface area contributed by atoms with Crippen molar-refractivity contribution in [1.82, 2.24) is 15.0 Å². The number of nitrogens with one attached hydrogen (secondary N) is 2. The van der Waals surface area contributed by atoms with Crippen molar-refractivity contribution in [1.29, 1.82) is 0 Å². The summed E-state index contributed by atoms with van der Waals surface area (Å²) in [6.45, 7) is 6.96. The van der Waals surface area contributed by atoms with Gasteiger partial charge in [-0.15, -0.1) is 0 Å². The molecule has 0 atom stereocenters. The Kier molecular flexibility index (Phi) is 4.70. The number of aryl methyl sites for hydroxylation is 2. The molecule has 0 unspecified atom stereocenters. The highest BCUT2D eigenvalue weighted by Crippen LogP contribution is 2.25. The molecule has 3 aromatic rings. The van der Waals surface area contributed by atoms with E-state index in [0.717, 1.165) is 29.3 Å². The lowest BCUT2D eigenvalue weighted by Crippen LogP contribution is -2.06. The highest BCUT2D eigenvalue weighted by Gasteiger charge is 2.08. The van der Waals surface area contributed by atoms with Gasteiger partial charge in [0.05, 0.1) is 5.69 Å². The van der Waals surface area contributed by atoms with Crippen LogP contribution in [0, 0.1) is 13.8 Å². The Hall–Kier alpha value is -2.95. The summed E-state index contributed by atoms with van der Waals surface area (Å²) in [4.78, 5) is 13.2. The van der Waals surface area contributed by atoms with Crippen molar-refractivity contribution in [3.8, 4) is 11.3 Å². The third-order valence-electron chi connectivity index (χ3n) is 3.69. The van der Waals surface area contributed by atoms with Crippen LogP contribution in [0.15, 0.2) is 48.8 Å². The van der Waals surface area contributed by atoms with E-state index in [2.05, 4.69) is 57.6 Å². The van der Waals surface area contributed by atoms with Crippen molar-refractivity contribution >= 4 is 17.5 Å². The van der Waals surface area contributed by atoms with E-state index in [1.165, 1.54) is 11.1 Å². The number of nitrogens with zero attached hydrogens (tertiary/aromatic N) is 3. The summed E-state index contributed by atoms with van der Waals surface area (Å²) < 4.78 is 0. The minimum atomic E-state index is 0.611. The normalized spacial score (nSPS) is 10.5. The number of rotatable bonds is 5. The van der Waals surface area contributed by atoms with E-state index < -0.39 is 0 Å². The smallest absolute Gasteiger partial charge is 0.225 e. The van der Waals surface area contributed by atoms with E-state index in [-0.39, 0.29) is 0 Å². The number of hydrogen-bond donors (Lipinski definition) is 2. The molecular formula is C19H21N5. The first kappa shape index (κ1) is 15.9. The maximum atomic E-state index is 4.58. The molecule has 2 aromatic heterocycles. The van der Waals surface area contributed by atoms with Crippen molar-refractivity contribution in [2.45, 2.75) is 20.8 Å². The SMILES string of the molecule is CCNc1nc(Nc2cc(C)ccc2C)cc(-c2ccncc2)n1. The van der Waals surface area contributed by atoms with Crippen LogP contribution in [0.4, 0.5) is 17.5 Å². The average molecular weight is 319 g/mol. The second-order valence-electron chi connectivity index (χ2n) is 5.67. The molecule has 0 radical (unpaired) electrons. The average Bonchev–Trinajstić information content (AvgIpc) is 2.59. The molecule has 0 saturated heterocycles. The van der Waals surface area contributed by atoms with Gasteiger partial charge in [0.2, 0.25) is 5.95 Å². The van der Waals surface area contributed by atoms with Gasteiger partial charge < -0.3 is 10.6 Å². The Morgan fingerprint density at radius 3 is 2.50 bits per heavy atom. The van der Waals surface area contributed by atoms with Gasteiger partial charge in [-0.1, -0.05) is 12.1 Å². The zero-order valence-electron chi connectivity index (χ0n) is 14.2. The van der Waals surface area contributed by atoms with Crippen molar-refractivity contribution in [2.75, 3.05) is 17.2 Å². The fourth-order valence-electron chi connectivity index (χ4n) is 2.43. The monoisotopic (exact) mass is 319 g/mol. The lowest BCUT2D eigenvalue weighted by Gasteiger charge is -2.13. The molecule has 0 saturated carbocycles. The van der Waals surface area contributed by atoms with Crippen molar-refractivity contribution in [3.05, 3.63) is 59.9 Å². The molecule has 0 fully saturated rings. The van der Waals surface area contributed by atoms with E-state index in [4.69, 9.17) is 0 Å². The number of aromatic nitrogens is 3. The first-order valence-corrected chi connectivity index (χ1v) is 8.03. The molecular weight excluding hydrogens is 298 g/mol. The summed E-state index contributed by atoms with van der Waals surface area (Å²) in [5.41, 5.74) is 5.30. The summed E-state index contributed by atoms with van der Waals surface area (Å²) in [6, 6.07) is 12.2. The Bertz CT molecular complexity index is 830. The maximum absolute atomic E-state index is 4.58. The molecule has 0 amide bonds. The van der Waals surface area contributed by atoms with Gasteiger partial charge in [-0.05, 0) is 50.1 Å². The van der Waals surface area contributed by atoms with E-state index in [1.54, 1.807) is 12.4 Å². The molecule has 0 bridgehead atoms. The Morgan fingerprint density at radius 1 is 0.958 bits per heavy atom. The predicted molar refractivity (Wildman–Crippen MR) is 98.6 cm³/mol. The highest BCUT2D eigenvalue weighted by molar-refractivity contribution is 5.68. The van der Waals surface area contributed by atoms with Crippen LogP contribution in [0.5, 0.6) is 0 Å². The molecule has 5 nitrogen and oxygen atoms in total. The minimum absolute atomic E-state index is 0.611. The van der Waals surface area contributed by atoms with Gasteiger partial charge in [-0.25, -0.2) is 4.98 Å². The fraction of sp³-hybridized carbons (Fsp3) is 0.211. The first-order chi connectivity index (χ1) is 11.7. The van der Waals surface area contributed by atoms with Gasteiger partial charge in [0.25, 0.3) is 0 Å². The van der Waals surface area contributed by atoms with Crippen LogP contribution in [0.25, 0.3) is 11.3 Å². The minimum Gasteiger partial charge on any atom is -0.354 e. The number of anilines is 3. The van der Waals surface area contributed by atoms with E-state index in [0.29, 0.717) is 5.95 Å². The Balaban J connectivity index is 2.00. The molecule has 122 valence electrons. The lowest BCUT2D eigenvalue weighted by molar-refractivity contribution is 1.09. The van der Waals surface area contributed by atoms with Crippen LogP contribution in [0.1, 0.15) is 18.1 Å². The predicted octanol–water partition coefficient (Wildman–Crippen LogP) is 4.33. The summed E-state index contributed by atoms with van der Waals surface area (Å²) in [5, 5.41) is 6.61. The van der Waals surface area contributed by atoms with Crippen LogP contribution in [0.3, 0.4) is 0 Å². The molecule has 3 rings (SSSR count). The fourth-order valence-corrected chi connectivity index (χ4v) is 2.43. The van der Waals surface area contributed by atoms with Crippen molar-refractivity contribution in [3.63, 3.8) is 0 Å². The number of benzene rings is 1. The van der Waals surface area contributed by atoms with Crippen LogP contribution >= 0.6 is 0 Å². The molecule has 0 spiro atoms. The van der Waals surface area contributed by atoms with Crippen LogP contribution in [-0.2, 0) is 0 Å². The first-order valence-electron chi connectivity index (χ1n) is 8.03. The van der Waals surface area contributed by atoms with Gasteiger partial charge in [-0.3, -0.25) is 4.98 Å². The second kappa shape index (κ2) is 7.08. The van der Waals surface area contributed by atoms with Gasteiger partial charge in [-0.2, -0.15) is 4.98 Å². The molecule has 2 N–H and O–H groups in total. The molecule has 0 aliphatic carbocycles. The zero-order chi connectivity index (χ0) is 16.9. The molecule has 0 aliphatic heterocycles. The largest absolute Gasteiger partial charge is 0.354 e. The molecule has 1 aromatic carbocycles. The van der Waals surface area contributed by atoms with Gasteiger partial charge in [0, 0.05) is 36.3 Å². The third-order valence-corrected chi connectivity index (χ3v) is 3.69. The second-order valence-corrected chi connectivity index (χ2v) is 5.67. The van der Waals surface area contributed by atoms with E-state index >= 15 is 0 Å². The Morgan fingerprint density at radius 2 is 1.75 bits per heavy atom. The standard InChI is InChI=1S/C19H21N5/c1-4-21-19-23-17(15-7-9-20-10-8-15)12-18(24-19)22-16-11-13(2)5-6-14(16)3/h5-12H,4H2,1-3H3,(H2,21,22,23,24). The van der Waals surface area contributed by atoms with Gasteiger partial charge >= 0.3 is 0 Å². The maximum Gasteiger partial charge on any atom is 0.225 e. The molecule has 5 heteroatoms. The van der Waals surface area contributed by atoms with E-state index in [1.807, 2.05) is 25.1 Å². The van der Waals surface area contributed by atoms with Crippen LogP contribution < -0.4 is 10.6 Å². The summed E-state index contributed by atoms with van der Waals surface area (Å²) in [5.74, 6) is 1.38. The number of hydrogen-bond acceptors (Lipinski definition) is 5. The van der Waals surface area contributed by atoms with Crippen molar-refractivity contribution < 1.29 is 0 Å². The van der Waals surface area contributed by atoms with Gasteiger partial charge in [0.1, 0.15) is 5.82 Å². The quantitative estimate of drug-likeness (QED) is 0.733. The summed E-state index contributed by atoms with van der Waals surface area (Å²) in [7, 11) is 0. The van der Waals surface area contributed by atoms with Crippen LogP contribution in [0.2, 0.25) is 0 Å². The highest BCUT2D eigenvalue weighted by atomic mass is 15.1. The topological polar surface area (TPSA) is 62.7 Å². The molecule has 2 heterocycles. The third kappa shape index (κ3) is 3.68. The number of pyridine rings is 1. The summed E-state index contributed by atoms with van der Waals surface area (Å²) in [6.07, 6.45) is 3.53. The van der Waals surface area contributed by atoms with E-state index in [9.17, 15) is 0 Å². The lowest BCUT2D eigenvalue weighted by atomic mass is 10.1. The van der Waals surface area contributed by atoms with Crippen molar-refractivity contribution in [2.24, 2.45) is 0 Å². The summed E-state index contributed by atoms with van der Waals surface area (Å²) >= 11 is 0. The Labute approximate surface area is 142 Å². The van der Waals surface area contributed by atoms with Gasteiger partial charge in [0.15, 0.2) is 0 Å².